The molecular formula is C11H17ClN2. The van der Waals surface area contributed by atoms with Crippen LogP contribution in [0.2, 0.25) is 5.02 Å². The van der Waals surface area contributed by atoms with E-state index < -0.39 is 0 Å². The maximum atomic E-state index is 5.81. The third kappa shape index (κ3) is 3.66. The van der Waals surface area contributed by atoms with Crippen LogP contribution in [0.5, 0.6) is 0 Å². The van der Waals surface area contributed by atoms with Gasteiger partial charge in [0.05, 0.1) is 0 Å². The van der Waals surface area contributed by atoms with Gasteiger partial charge in [0.25, 0.3) is 0 Å². The first-order chi connectivity index (χ1) is 6.74. The van der Waals surface area contributed by atoms with Crippen molar-refractivity contribution in [1.82, 2.24) is 5.32 Å². The van der Waals surface area contributed by atoms with E-state index in [0.29, 0.717) is 6.04 Å². The van der Waals surface area contributed by atoms with Crippen LogP contribution in [0.4, 0.5) is 0 Å². The lowest BCUT2D eigenvalue weighted by molar-refractivity contribution is 0.562. The molecule has 1 atom stereocenters. The molecule has 1 rings (SSSR count). The van der Waals surface area contributed by atoms with Gasteiger partial charge in [0, 0.05) is 11.1 Å². The van der Waals surface area contributed by atoms with Crippen LogP contribution in [0.15, 0.2) is 24.3 Å². The summed E-state index contributed by atoms with van der Waals surface area (Å²) in [7, 11) is 0. The molecule has 0 spiro atoms. The van der Waals surface area contributed by atoms with E-state index in [0.717, 1.165) is 24.5 Å². The summed E-state index contributed by atoms with van der Waals surface area (Å²) in [6.45, 7) is 3.83. The summed E-state index contributed by atoms with van der Waals surface area (Å²) in [5.74, 6) is 0. The van der Waals surface area contributed by atoms with E-state index in [4.69, 9.17) is 17.3 Å². The van der Waals surface area contributed by atoms with Crippen LogP contribution in [-0.4, -0.2) is 13.1 Å². The van der Waals surface area contributed by atoms with Gasteiger partial charge in [0.15, 0.2) is 0 Å². The molecule has 0 saturated carbocycles. The fourth-order valence-corrected chi connectivity index (χ4v) is 1.42. The molecule has 0 fully saturated rings. The lowest BCUT2D eigenvalue weighted by Gasteiger charge is -2.13. The summed E-state index contributed by atoms with van der Waals surface area (Å²) in [5, 5.41) is 4.18. The summed E-state index contributed by atoms with van der Waals surface area (Å²) >= 11 is 5.81. The van der Waals surface area contributed by atoms with Crippen LogP contribution < -0.4 is 11.1 Å². The molecule has 0 aliphatic rings. The molecule has 1 unspecified atom stereocenters. The third-order valence-corrected chi connectivity index (χ3v) is 2.45. The number of hydrogen-bond acceptors (Lipinski definition) is 2. The van der Waals surface area contributed by atoms with E-state index in [1.807, 2.05) is 24.3 Å². The Labute approximate surface area is 90.4 Å². The Hall–Kier alpha value is -0.570. The van der Waals surface area contributed by atoms with Crippen molar-refractivity contribution in [2.45, 2.75) is 19.4 Å². The van der Waals surface area contributed by atoms with Crippen molar-refractivity contribution in [1.29, 1.82) is 0 Å². The highest BCUT2D eigenvalue weighted by molar-refractivity contribution is 6.30. The Bertz CT molecular complexity index is 258. The predicted octanol–water partition coefficient (Wildman–Crippen LogP) is 2.34. The monoisotopic (exact) mass is 212 g/mol. The number of hydrogen-bond donors (Lipinski definition) is 2. The van der Waals surface area contributed by atoms with Crippen molar-refractivity contribution >= 4 is 11.6 Å². The van der Waals surface area contributed by atoms with Crippen molar-refractivity contribution in [3.8, 4) is 0 Å². The normalized spacial score (nSPS) is 12.8. The largest absolute Gasteiger partial charge is 0.330 e. The fourth-order valence-electron chi connectivity index (χ4n) is 1.29. The summed E-state index contributed by atoms with van der Waals surface area (Å²) in [6.07, 6.45) is 1.01. The van der Waals surface area contributed by atoms with E-state index in [-0.39, 0.29) is 0 Å². The standard InChI is InChI=1S/C11H17ClN2/c1-9(14-8-2-7-13)10-3-5-11(12)6-4-10/h3-6,9,14H,2,7-8,13H2,1H3. The molecule has 0 amide bonds. The zero-order valence-corrected chi connectivity index (χ0v) is 9.22. The maximum absolute atomic E-state index is 5.81. The SMILES string of the molecule is CC(NCCCN)c1ccc(Cl)cc1. The summed E-state index contributed by atoms with van der Waals surface area (Å²) in [4.78, 5) is 0. The van der Waals surface area contributed by atoms with Gasteiger partial charge in [-0.25, -0.2) is 0 Å². The highest BCUT2D eigenvalue weighted by atomic mass is 35.5. The molecule has 0 aromatic heterocycles. The number of halogens is 1. The van der Waals surface area contributed by atoms with Crippen molar-refractivity contribution in [3.05, 3.63) is 34.9 Å². The second-order valence-electron chi connectivity index (χ2n) is 3.37. The first-order valence-electron chi connectivity index (χ1n) is 4.93. The molecule has 0 heterocycles. The van der Waals surface area contributed by atoms with Crippen LogP contribution in [0.3, 0.4) is 0 Å². The van der Waals surface area contributed by atoms with E-state index in [9.17, 15) is 0 Å². The van der Waals surface area contributed by atoms with Crippen LogP contribution in [0.1, 0.15) is 24.9 Å². The second kappa shape index (κ2) is 6.02. The Balaban J connectivity index is 2.43. The van der Waals surface area contributed by atoms with Crippen molar-refractivity contribution in [2.75, 3.05) is 13.1 Å². The summed E-state index contributed by atoms with van der Waals surface area (Å²) < 4.78 is 0. The Morgan fingerprint density at radius 2 is 2.00 bits per heavy atom. The fraction of sp³-hybridized carbons (Fsp3) is 0.455. The van der Waals surface area contributed by atoms with Crippen molar-refractivity contribution in [3.63, 3.8) is 0 Å². The quantitative estimate of drug-likeness (QED) is 0.736. The first-order valence-corrected chi connectivity index (χ1v) is 5.30. The number of benzene rings is 1. The minimum Gasteiger partial charge on any atom is -0.330 e. The Morgan fingerprint density at radius 1 is 1.36 bits per heavy atom. The Morgan fingerprint density at radius 3 is 2.57 bits per heavy atom. The van der Waals surface area contributed by atoms with E-state index in [1.165, 1.54) is 5.56 Å². The molecular weight excluding hydrogens is 196 g/mol. The van der Waals surface area contributed by atoms with Crippen LogP contribution in [-0.2, 0) is 0 Å². The lowest BCUT2D eigenvalue weighted by Crippen LogP contribution is -2.21. The highest BCUT2D eigenvalue weighted by Crippen LogP contribution is 2.15. The van der Waals surface area contributed by atoms with Gasteiger partial charge < -0.3 is 11.1 Å². The highest BCUT2D eigenvalue weighted by Gasteiger charge is 2.02. The van der Waals surface area contributed by atoms with Gasteiger partial charge in [-0.15, -0.1) is 0 Å². The third-order valence-electron chi connectivity index (χ3n) is 2.20. The molecule has 14 heavy (non-hydrogen) atoms. The molecule has 0 bridgehead atoms. The zero-order valence-electron chi connectivity index (χ0n) is 8.46. The van der Waals surface area contributed by atoms with Gasteiger partial charge >= 0.3 is 0 Å². The van der Waals surface area contributed by atoms with Gasteiger partial charge in [-0.1, -0.05) is 23.7 Å². The van der Waals surface area contributed by atoms with Gasteiger partial charge in [-0.3, -0.25) is 0 Å². The van der Waals surface area contributed by atoms with Gasteiger partial charge in [0.2, 0.25) is 0 Å². The topological polar surface area (TPSA) is 38.0 Å². The van der Waals surface area contributed by atoms with E-state index in [2.05, 4.69) is 12.2 Å². The first kappa shape index (κ1) is 11.5. The molecule has 0 aliphatic carbocycles. The van der Waals surface area contributed by atoms with Crippen molar-refractivity contribution < 1.29 is 0 Å². The molecule has 1 aromatic rings. The molecule has 2 nitrogen and oxygen atoms in total. The zero-order chi connectivity index (χ0) is 10.4. The molecule has 0 radical (unpaired) electrons. The summed E-state index contributed by atoms with van der Waals surface area (Å²) in [5.41, 5.74) is 6.67. The molecule has 3 N–H and O–H groups in total. The molecule has 0 saturated heterocycles. The van der Waals surface area contributed by atoms with Crippen LogP contribution in [0, 0.1) is 0 Å². The molecule has 78 valence electrons. The number of nitrogens with one attached hydrogen (secondary N) is 1. The van der Waals surface area contributed by atoms with E-state index >= 15 is 0 Å². The number of nitrogens with two attached hydrogens (primary N) is 1. The minimum atomic E-state index is 0.360. The molecule has 0 aliphatic heterocycles. The average molecular weight is 213 g/mol. The summed E-state index contributed by atoms with van der Waals surface area (Å²) in [6, 6.07) is 8.28. The Kier molecular flexibility index (Phi) is 4.94. The van der Waals surface area contributed by atoms with Gasteiger partial charge in [-0.2, -0.15) is 0 Å². The van der Waals surface area contributed by atoms with Gasteiger partial charge in [-0.05, 0) is 44.1 Å². The van der Waals surface area contributed by atoms with E-state index in [1.54, 1.807) is 0 Å². The minimum absolute atomic E-state index is 0.360. The predicted molar refractivity (Wildman–Crippen MR) is 61.5 cm³/mol. The second-order valence-corrected chi connectivity index (χ2v) is 3.81. The van der Waals surface area contributed by atoms with Crippen molar-refractivity contribution in [2.24, 2.45) is 5.73 Å². The lowest BCUT2D eigenvalue weighted by atomic mass is 10.1. The number of rotatable bonds is 5. The maximum Gasteiger partial charge on any atom is 0.0406 e. The molecule has 3 heteroatoms. The smallest absolute Gasteiger partial charge is 0.0406 e. The molecule has 1 aromatic carbocycles. The van der Waals surface area contributed by atoms with Crippen LogP contribution in [0.25, 0.3) is 0 Å². The van der Waals surface area contributed by atoms with Crippen LogP contribution >= 0.6 is 11.6 Å². The van der Waals surface area contributed by atoms with Gasteiger partial charge in [0.1, 0.15) is 0 Å². The average Bonchev–Trinajstić information content (AvgIpc) is 2.19.